The van der Waals surface area contributed by atoms with Crippen molar-refractivity contribution in [3.63, 3.8) is 0 Å². The van der Waals surface area contributed by atoms with E-state index >= 15 is 0 Å². The summed E-state index contributed by atoms with van der Waals surface area (Å²) in [5.41, 5.74) is -3.37. The number of thiazole rings is 1. The van der Waals surface area contributed by atoms with Crippen molar-refractivity contribution in [1.82, 2.24) is 4.98 Å². The number of rotatable bonds is 6. The molecule has 3 N–H and O–H groups in total. The van der Waals surface area contributed by atoms with Gasteiger partial charge in [0.2, 0.25) is 11.8 Å². The molecule has 0 aliphatic heterocycles. The fourth-order valence-corrected chi connectivity index (χ4v) is 4.73. The molecule has 3 aromatic rings. The molecule has 1 aliphatic rings. The molecule has 0 spiro atoms. The van der Waals surface area contributed by atoms with Gasteiger partial charge in [-0.05, 0) is 62.6 Å². The number of aromatic nitrogens is 1. The fraction of sp³-hybridized carbons (Fsp3) is 0.280. The highest BCUT2D eigenvalue weighted by atomic mass is 35.5. The van der Waals surface area contributed by atoms with Crippen molar-refractivity contribution in [3.8, 4) is 0 Å². The van der Waals surface area contributed by atoms with Crippen molar-refractivity contribution in [2.75, 3.05) is 16.0 Å². The predicted molar refractivity (Wildman–Crippen MR) is 136 cm³/mol. The molecular formula is C25H19ClF6N4O3S. The van der Waals surface area contributed by atoms with Crippen LogP contribution in [-0.4, -0.2) is 22.7 Å². The number of amides is 3. The summed E-state index contributed by atoms with van der Waals surface area (Å²) in [5.74, 6) is -2.41. The van der Waals surface area contributed by atoms with Crippen LogP contribution < -0.4 is 16.0 Å². The number of hydrogen-bond donors (Lipinski definition) is 3. The third kappa shape index (κ3) is 6.07. The number of aryl methyl sites for hydroxylation is 2. The minimum Gasteiger partial charge on any atom is -0.324 e. The molecule has 7 nitrogen and oxygen atoms in total. The van der Waals surface area contributed by atoms with Crippen LogP contribution in [0.4, 0.5) is 42.8 Å². The van der Waals surface area contributed by atoms with Crippen LogP contribution in [0.25, 0.3) is 0 Å². The number of anilines is 3. The maximum Gasteiger partial charge on any atom is 0.416 e. The predicted octanol–water partition coefficient (Wildman–Crippen LogP) is 7.06. The van der Waals surface area contributed by atoms with Crippen LogP contribution in [-0.2, 0) is 21.9 Å². The van der Waals surface area contributed by atoms with Crippen LogP contribution in [0, 0.1) is 19.3 Å². The first kappa shape index (κ1) is 29.3. The molecule has 1 aliphatic carbocycles. The number of carbonyl (C=O) groups excluding carboxylic acids is 3. The van der Waals surface area contributed by atoms with Gasteiger partial charge in [-0.1, -0.05) is 29.0 Å². The summed E-state index contributed by atoms with van der Waals surface area (Å²) < 4.78 is 78.4. The summed E-state index contributed by atoms with van der Waals surface area (Å²) in [6.45, 7) is 2.98. The molecule has 40 heavy (non-hydrogen) atoms. The molecule has 4 rings (SSSR count). The zero-order chi connectivity index (χ0) is 29.6. The average Bonchev–Trinajstić information content (AvgIpc) is 3.58. The second kappa shape index (κ2) is 10.4. The second-order valence-corrected chi connectivity index (χ2v) is 10.5. The van der Waals surface area contributed by atoms with Gasteiger partial charge in [0, 0.05) is 5.69 Å². The monoisotopic (exact) mass is 604 g/mol. The van der Waals surface area contributed by atoms with Gasteiger partial charge < -0.3 is 16.0 Å². The summed E-state index contributed by atoms with van der Waals surface area (Å²) in [6, 6.07) is 5.31. The number of benzene rings is 2. The van der Waals surface area contributed by atoms with Gasteiger partial charge in [-0.2, -0.15) is 26.3 Å². The molecule has 0 saturated heterocycles. The highest BCUT2D eigenvalue weighted by molar-refractivity contribution is 7.17. The Labute approximate surface area is 231 Å². The lowest BCUT2D eigenvalue weighted by Crippen LogP contribution is -2.35. The van der Waals surface area contributed by atoms with Crippen LogP contribution >= 0.6 is 22.9 Å². The van der Waals surface area contributed by atoms with Crippen molar-refractivity contribution in [1.29, 1.82) is 0 Å². The van der Waals surface area contributed by atoms with Crippen LogP contribution in [0.2, 0.25) is 5.02 Å². The van der Waals surface area contributed by atoms with Crippen molar-refractivity contribution >= 4 is 57.2 Å². The SMILES string of the molecule is Cc1ccc(C(F)(F)F)cc1NC(=O)c1sc(NC(=O)C2(C(=O)Nc3cc(C(F)(F)F)ccc3Cl)CC2)nc1C. The topological polar surface area (TPSA) is 100 Å². The van der Waals surface area contributed by atoms with Crippen molar-refractivity contribution in [2.45, 2.75) is 39.0 Å². The average molecular weight is 605 g/mol. The fourth-order valence-electron chi connectivity index (χ4n) is 3.71. The van der Waals surface area contributed by atoms with Gasteiger partial charge in [-0.25, -0.2) is 4.98 Å². The van der Waals surface area contributed by atoms with Crippen LogP contribution in [0.1, 0.15) is 44.9 Å². The van der Waals surface area contributed by atoms with Gasteiger partial charge in [0.05, 0.1) is 27.5 Å². The Morgan fingerprint density at radius 1 is 0.850 bits per heavy atom. The smallest absolute Gasteiger partial charge is 0.324 e. The van der Waals surface area contributed by atoms with E-state index in [0.29, 0.717) is 11.6 Å². The molecule has 15 heteroatoms. The Morgan fingerprint density at radius 3 is 1.98 bits per heavy atom. The van der Waals surface area contributed by atoms with Gasteiger partial charge in [-0.3, -0.25) is 14.4 Å². The number of hydrogen-bond acceptors (Lipinski definition) is 5. The molecule has 0 radical (unpaired) electrons. The Bertz CT molecular complexity index is 1520. The zero-order valence-electron chi connectivity index (χ0n) is 20.6. The Morgan fingerprint density at radius 2 is 1.40 bits per heavy atom. The normalized spacial score (nSPS) is 14.4. The number of nitrogens with zero attached hydrogens (tertiary/aromatic N) is 1. The minimum absolute atomic E-state index is 0.0113. The molecule has 0 bridgehead atoms. The van der Waals surface area contributed by atoms with E-state index < -0.39 is 46.6 Å². The maximum absolute atomic E-state index is 13.1. The van der Waals surface area contributed by atoms with E-state index in [1.165, 1.54) is 19.9 Å². The number of alkyl halides is 6. The van der Waals surface area contributed by atoms with Gasteiger partial charge in [-0.15, -0.1) is 0 Å². The number of halogens is 7. The lowest BCUT2D eigenvalue weighted by atomic mass is 10.0. The van der Waals surface area contributed by atoms with Crippen LogP contribution in [0.15, 0.2) is 36.4 Å². The van der Waals surface area contributed by atoms with E-state index in [2.05, 4.69) is 20.9 Å². The highest BCUT2D eigenvalue weighted by Gasteiger charge is 2.57. The summed E-state index contributed by atoms with van der Waals surface area (Å²) in [7, 11) is 0. The second-order valence-electron chi connectivity index (χ2n) is 9.10. The van der Waals surface area contributed by atoms with Crippen molar-refractivity contribution in [2.24, 2.45) is 5.41 Å². The maximum atomic E-state index is 13.1. The van der Waals surface area contributed by atoms with E-state index in [-0.39, 0.29) is 44.9 Å². The third-order valence-corrected chi connectivity index (χ3v) is 7.60. The van der Waals surface area contributed by atoms with Gasteiger partial charge in [0.15, 0.2) is 5.13 Å². The molecule has 2 aromatic carbocycles. The molecular weight excluding hydrogens is 586 g/mol. The lowest BCUT2D eigenvalue weighted by molar-refractivity contribution is -0.138. The number of nitrogens with one attached hydrogen (secondary N) is 3. The largest absolute Gasteiger partial charge is 0.416 e. The molecule has 1 fully saturated rings. The molecule has 212 valence electrons. The van der Waals surface area contributed by atoms with Crippen molar-refractivity contribution in [3.05, 3.63) is 68.7 Å². The standard InChI is InChI=1S/C25H19ClF6N4O3S/c1-11-3-4-13(24(27,28)29)9-16(11)34-19(37)18-12(2)33-22(40-18)36-21(39)23(7-8-23)20(38)35-17-10-14(25(30,31)32)5-6-15(17)26/h3-6,9-10H,7-8H2,1-2H3,(H,34,37)(H,35,38)(H,33,36,39). The van der Waals surface area contributed by atoms with Crippen LogP contribution in [0.3, 0.4) is 0 Å². The van der Waals surface area contributed by atoms with E-state index in [0.717, 1.165) is 35.6 Å². The summed E-state index contributed by atoms with van der Waals surface area (Å²) in [4.78, 5) is 42.8. The van der Waals surface area contributed by atoms with E-state index in [9.17, 15) is 40.7 Å². The Hall–Kier alpha value is -3.65. The first-order valence-electron chi connectivity index (χ1n) is 11.5. The zero-order valence-corrected chi connectivity index (χ0v) is 22.2. The first-order valence-corrected chi connectivity index (χ1v) is 12.7. The lowest BCUT2D eigenvalue weighted by Gasteiger charge is -2.16. The van der Waals surface area contributed by atoms with Crippen molar-refractivity contribution < 1.29 is 40.7 Å². The first-order chi connectivity index (χ1) is 18.5. The van der Waals surface area contributed by atoms with Gasteiger partial charge in [0.1, 0.15) is 10.3 Å². The Balaban J connectivity index is 1.47. The number of carbonyl (C=O) groups is 3. The third-order valence-electron chi connectivity index (χ3n) is 6.20. The molecule has 1 aromatic heterocycles. The Kier molecular flexibility index (Phi) is 7.62. The quantitative estimate of drug-likeness (QED) is 0.207. The van der Waals surface area contributed by atoms with E-state index in [1.54, 1.807) is 0 Å². The van der Waals surface area contributed by atoms with E-state index in [1.807, 2.05) is 0 Å². The highest BCUT2D eigenvalue weighted by Crippen LogP contribution is 2.48. The summed E-state index contributed by atoms with van der Waals surface area (Å²) in [5, 5.41) is 6.94. The summed E-state index contributed by atoms with van der Waals surface area (Å²) >= 11 is 6.68. The van der Waals surface area contributed by atoms with Crippen LogP contribution in [0.5, 0.6) is 0 Å². The van der Waals surface area contributed by atoms with Gasteiger partial charge >= 0.3 is 12.4 Å². The summed E-state index contributed by atoms with van der Waals surface area (Å²) in [6.07, 6.45) is -9.07. The minimum atomic E-state index is -4.68. The molecule has 3 amide bonds. The molecule has 0 atom stereocenters. The van der Waals surface area contributed by atoms with E-state index in [4.69, 9.17) is 11.6 Å². The molecule has 0 unspecified atom stereocenters. The van der Waals surface area contributed by atoms with Gasteiger partial charge in [0.25, 0.3) is 5.91 Å². The molecule has 1 heterocycles. The molecule has 1 saturated carbocycles.